The van der Waals surface area contributed by atoms with Crippen LogP contribution in [-0.4, -0.2) is 40.1 Å². The highest BCUT2D eigenvalue weighted by Gasteiger charge is 2.25. The van der Waals surface area contributed by atoms with Crippen LogP contribution in [0.15, 0.2) is 75.1 Å². The Labute approximate surface area is 197 Å². The number of piperidine rings is 1. The number of benzene rings is 2. The predicted octanol–water partition coefficient (Wildman–Crippen LogP) is 3.98. The van der Waals surface area contributed by atoms with Crippen LogP contribution in [0.1, 0.15) is 29.6 Å². The number of carbonyl (C=O) groups excluding carboxylic acids is 1. The number of hydrogen-bond acceptors (Lipinski definition) is 6. The van der Waals surface area contributed by atoms with Crippen molar-refractivity contribution in [3.63, 3.8) is 0 Å². The van der Waals surface area contributed by atoms with E-state index in [1.165, 1.54) is 46.8 Å². The van der Waals surface area contributed by atoms with Crippen molar-refractivity contribution < 1.29 is 21.6 Å². The van der Waals surface area contributed by atoms with Gasteiger partial charge in [0.25, 0.3) is 15.9 Å². The van der Waals surface area contributed by atoms with Gasteiger partial charge < -0.3 is 5.32 Å². The molecule has 1 amide bonds. The molecule has 1 aliphatic heterocycles. The van der Waals surface area contributed by atoms with Crippen LogP contribution >= 0.6 is 11.3 Å². The van der Waals surface area contributed by atoms with E-state index in [0.717, 1.165) is 30.6 Å². The lowest BCUT2D eigenvalue weighted by atomic mass is 10.2. The summed E-state index contributed by atoms with van der Waals surface area (Å²) in [7, 11) is -7.19. The standard InChI is InChI=1S/C22H23N3O5S3/c26-22(17-6-8-19(9-7-17)24-32(27,28)21-5-4-16-31-21)23-18-10-12-20(13-11-18)33(29,30)25-14-2-1-3-15-25/h4-13,16,24H,1-3,14-15H2,(H,23,26). The number of thiophene rings is 1. The molecule has 0 unspecified atom stereocenters. The topological polar surface area (TPSA) is 113 Å². The first-order valence-electron chi connectivity index (χ1n) is 10.3. The average Bonchev–Trinajstić information content (AvgIpc) is 3.36. The normalized spacial score (nSPS) is 15.2. The van der Waals surface area contributed by atoms with Crippen molar-refractivity contribution in [2.24, 2.45) is 0 Å². The Kier molecular flexibility index (Phi) is 6.84. The van der Waals surface area contributed by atoms with Crippen LogP contribution in [0.2, 0.25) is 0 Å². The number of sulfonamides is 2. The van der Waals surface area contributed by atoms with E-state index in [9.17, 15) is 21.6 Å². The average molecular weight is 506 g/mol. The summed E-state index contributed by atoms with van der Waals surface area (Å²) in [6.07, 6.45) is 2.77. The smallest absolute Gasteiger partial charge is 0.271 e. The number of rotatable bonds is 7. The highest BCUT2D eigenvalue weighted by molar-refractivity contribution is 7.94. The van der Waals surface area contributed by atoms with Crippen molar-refractivity contribution in [2.75, 3.05) is 23.1 Å². The molecule has 4 rings (SSSR count). The van der Waals surface area contributed by atoms with Gasteiger partial charge in [0.1, 0.15) is 4.21 Å². The van der Waals surface area contributed by atoms with E-state index in [4.69, 9.17) is 0 Å². The van der Waals surface area contributed by atoms with E-state index in [2.05, 4.69) is 10.0 Å². The lowest BCUT2D eigenvalue weighted by molar-refractivity contribution is 0.102. The fourth-order valence-electron chi connectivity index (χ4n) is 3.48. The molecule has 0 saturated carbocycles. The number of anilines is 2. The maximum absolute atomic E-state index is 12.7. The maximum atomic E-state index is 12.7. The second-order valence-corrected chi connectivity index (χ2v) is 12.4. The monoisotopic (exact) mass is 505 g/mol. The molecule has 8 nitrogen and oxygen atoms in total. The molecule has 0 radical (unpaired) electrons. The number of carbonyl (C=O) groups is 1. The Morgan fingerprint density at radius 1 is 0.818 bits per heavy atom. The molecule has 1 aromatic heterocycles. The highest BCUT2D eigenvalue weighted by Crippen LogP contribution is 2.23. The first-order chi connectivity index (χ1) is 15.8. The van der Waals surface area contributed by atoms with Crippen LogP contribution in [0.25, 0.3) is 0 Å². The summed E-state index contributed by atoms with van der Waals surface area (Å²) in [5, 5.41) is 4.40. The van der Waals surface area contributed by atoms with Crippen molar-refractivity contribution in [3.8, 4) is 0 Å². The van der Waals surface area contributed by atoms with Gasteiger partial charge in [-0.05, 0) is 72.8 Å². The fraction of sp³-hybridized carbons (Fsp3) is 0.227. The summed E-state index contributed by atoms with van der Waals surface area (Å²) < 4.78 is 54.2. The molecule has 3 aromatic rings. The van der Waals surface area contributed by atoms with Gasteiger partial charge in [-0.25, -0.2) is 16.8 Å². The van der Waals surface area contributed by atoms with Gasteiger partial charge in [-0.15, -0.1) is 11.3 Å². The van der Waals surface area contributed by atoms with Crippen molar-refractivity contribution in [1.82, 2.24) is 4.31 Å². The molecule has 1 aliphatic rings. The summed E-state index contributed by atoms with van der Waals surface area (Å²) in [5.41, 5.74) is 1.13. The van der Waals surface area contributed by atoms with Crippen LogP contribution in [0, 0.1) is 0 Å². The quantitative estimate of drug-likeness (QED) is 0.504. The van der Waals surface area contributed by atoms with Crippen molar-refractivity contribution >= 4 is 48.7 Å². The van der Waals surface area contributed by atoms with Gasteiger partial charge in [-0.2, -0.15) is 4.31 Å². The van der Waals surface area contributed by atoms with Gasteiger partial charge in [0.05, 0.1) is 4.90 Å². The van der Waals surface area contributed by atoms with E-state index in [0.29, 0.717) is 30.0 Å². The second-order valence-electron chi connectivity index (χ2n) is 7.56. The SMILES string of the molecule is O=C(Nc1ccc(S(=O)(=O)N2CCCCC2)cc1)c1ccc(NS(=O)(=O)c2cccs2)cc1. The Bertz CT molecular complexity index is 1310. The Balaban J connectivity index is 1.40. The highest BCUT2D eigenvalue weighted by atomic mass is 32.2. The summed E-state index contributed by atoms with van der Waals surface area (Å²) in [4.78, 5) is 12.8. The molecule has 1 fully saturated rings. The molecule has 2 aromatic carbocycles. The zero-order valence-corrected chi connectivity index (χ0v) is 20.0. The zero-order valence-electron chi connectivity index (χ0n) is 17.6. The minimum Gasteiger partial charge on any atom is -0.322 e. The largest absolute Gasteiger partial charge is 0.322 e. The van der Waals surface area contributed by atoms with E-state index < -0.39 is 26.0 Å². The Morgan fingerprint density at radius 2 is 1.45 bits per heavy atom. The maximum Gasteiger partial charge on any atom is 0.271 e. The van der Waals surface area contributed by atoms with Crippen molar-refractivity contribution in [1.29, 1.82) is 0 Å². The van der Waals surface area contributed by atoms with E-state index in [1.54, 1.807) is 23.6 Å². The minimum absolute atomic E-state index is 0.199. The van der Waals surface area contributed by atoms with Crippen LogP contribution in [0.4, 0.5) is 11.4 Å². The number of amides is 1. The zero-order chi connectivity index (χ0) is 23.5. The van der Waals surface area contributed by atoms with Gasteiger partial charge in [0.15, 0.2) is 0 Å². The lowest BCUT2D eigenvalue weighted by Gasteiger charge is -2.25. The van der Waals surface area contributed by atoms with Crippen molar-refractivity contribution in [2.45, 2.75) is 28.4 Å². The van der Waals surface area contributed by atoms with Crippen molar-refractivity contribution in [3.05, 3.63) is 71.6 Å². The third-order valence-corrected chi connectivity index (χ3v) is 9.92. The van der Waals surface area contributed by atoms with E-state index in [1.807, 2.05) is 0 Å². The van der Waals surface area contributed by atoms with Gasteiger partial charge in [0, 0.05) is 30.0 Å². The molecule has 1 saturated heterocycles. The van der Waals surface area contributed by atoms with E-state index in [-0.39, 0.29) is 9.10 Å². The molecule has 0 atom stereocenters. The minimum atomic E-state index is -3.66. The Morgan fingerprint density at radius 3 is 2.06 bits per heavy atom. The molecule has 2 heterocycles. The molecule has 11 heteroatoms. The van der Waals surface area contributed by atoms with Crippen LogP contribution in [0.3, 0.4) is 0 Å². The second kappa shape index (κ2) is 9.64. The number of hydrogen-bond donors (Lipinski definition) is 2. The summed E-state index contributed by atoms with van der Waals surface area (Å²) in [6.45, 7) is 1.06. The molecule has 0 aliphatic carbocycles. The number of nitrogens with zero attached hydrogens (tertiary/aromatic N) is 1. The van der Waals surface area contributed by atoms with Gasteiger partial charge >= 0.3 is 0 Å². The fourth-order valence-corrected chi connectivity index (χ4v) is 7.05. The predicted molar refractivity (Wildman–Crippen MR) is 129 cm³/mol. The summed E-state index contributed by atoms with van der Waals surface area (Å²) >= 11 is 1.11. The summed E-state index contributed by atoms with van der Waals surface area (Å²) in [6, 6.07) is 15.3. The Hall–Kier alpha value is -2.73. The molecular formula is C22H23N3O5S3. The third kappa shape index (κ3) is 5.44. The van der Waals surface area contributed by atoms with Crippen LogP contribution < -0.4 is 10.0 Å². The summed E-state index contributed by atoms with van der Waals surface area (Å²) in [5.74, 6) is -0.394. The van der Waals surface area contributed by atoms with Crippen LogP contribution in [0.5, 0.6) is 0 Å². The molecule has 174 valence electrons. The van der Waals surface area contributed by atoms with Gasteiger partial charge in [0.2, 0.25) is 10.0 Å². The van der Waals surface area contributed by atoms with Gasteiger partial charge in [-0.1, -0.05) is 12.5 Å². The molecule has 0 bridgehead atoms. The first-order valence-corrected chi connectivity index (χ1v) is 14.1. The molecule has 0 spiro atoms. The number of nitrogens with one attached hydrogen (secondary N) is 2. The molecule has 2 N–H and O–H groups in total. The molecule has 33 heavy (non-hydrogen) atoms. The van der Waals surface area contributed by atoms with Crippen LogP contribution in [-0.2, 0) is 20.0 Å². The first kappa shape index (κ1) is 23.4. The molecular weight excluding hydrogens is 482 g/mol. The van der Waals surface area contributed by atoms with E-state index >= 15 is 0 Å². The van der Waals surface area contributed by atoms with Gasteiger partial charge in [-0.3, -0.25) is 9.52 Å². The lowest BCUT2D eigenvalue weighted by Crippen LogP contribution is -2.35. The third-order valence-electron chi connectivity index (χ3n) is 5.22.